The maximum atomic E-state index is 12.9. The molecule has 8 heteroatoms. The number of alkyl halides is 4. The Morgan fingerprint density at radius 3 is 2.30 bits per heavy atom. The molecule has 1 rings (SSSR count). The van der Waals surface area contributed by atoms with Gasteiger partial charge in [-0.15, -0.1) is 0 Å². The van der Waals surface area contributed by atoms with Gasteiger partial charge in [0.2, 0.25) is 5.88 Å². The van der Waals surface area contributed by atoms with Crippen LogP contribution in [0.2, 0.25) is 0 Å². The summed E-state index contributed by atoms with van der Waals surface area (Å²) in [6.45, 7) is 3.78. The standard InChI is InChI=1S/C12H17F4N3O/c1-6(2)8-18-9(17-4)7(3)10(19-8)20-5-12(15,16)11(13)14/h6,11H,5H2,1-4H3,(H,17,18,19). The quantitative estimate of drug-likeness (QED) is 0.819. The van der Waals surface area contributed by atoms with Gasteiger partial charge in [0.1, 0.15) is 11.6 Å². The summed E-state index contributed by atoms with van der Waals surface area (Å²) >= 11 is 0. The molecule has 0 unspecified atom stereocenters. The number of halogens is 4. The van der Waals surface area contributed by atoms with Crippen LogP contribution in [0.4, 0.5) is 23.4 Å². The first-order valence-electron chi connectivity index (χ1n) is 6.04. The Labute approximate surface area is 114 Å². The lowest BCUT2D eigenvalue weighted by Crippen LogP contribution is -2.34. The first-order chi connectivity index (χ1) is 9.19. The third-order valence-electron chi connectivity index (χ3n) is 2.59. The van der Waals surface area contributed by atoms with Crippen LogP contribution in [0.5, 0.6) is 5.88 Å². The highest BCUT2D eigenvalue weighted by molar-refractivity contribution is 5.48. The number of ether oxygens (including phenoxy) is 1. The summed E-state index contributed by atoms with van der Waals surface area (Å²) in [5.74, 6) is -3.58. The zero-order valence-electron chi connectivity index (χ0n) is 11.7. The second-order valence-corrected chi connectivity index (χ2v) is 4.62. The van der Waals surface area contributed by atoms with Crippen LogP contribution in [-0.2, 0) is 0 Å². The molecule has 1 aromatic rings. The number of rotatable bonds is 6. The monoisotopic (exact) mass is 295 g/mol. The molecule has 0 aliphatic rings. The Bertz CT molecular complexity index is 466. The molecule has 0 saturated carbocycles. The summed E-state index contributed by atoms with van der Waals surface area (Å²) < 4.78 is 54.7. The van der Waals surface area contributed by atoms with E-state index in [2.05, 4.69) is 15.3 Å². The summed E-state index contributed by atoms with van der Waals surface area (Å²) in [7, 11) is 1.61. The molecule has 0 aliphatic carbocycles. The first-order valence-corrected chi connectivity index (χ1v) is 6.04. The highest BCUT2D eigenvalue weighted by Crippen LogP contribution is 2.28. The van der Waals surface area contributed by atoms with Crippen molar-refractivity contribution in [2.45, 2.75) is 39.0 Å². The topological polar surface area (TPSA) is 47.0 Å². The van der Waals surface area contributed by atoms with Crippen LogP contribution in [0.1, 0.15) is 31.2 Å². The third kappa shape index (κ3) is 3.71. The maximum Gasteiger partial charge on any atom is 0.340 e. The lowest BCUT2D eigenvalue weighted by Gasteiger charge is -2.18. The van der Waals surface area contributed by atoms with Crippen molar-refractivity contribution in [3.05, 3.63) is 11.4 Å². The van der Waals surface area contributed by atoms with E-state index in [1.54, 1.807) is 14.0 Å². The lowest BCUT2D eigenvalue weighted by molar-refractivity contribution is -0.148. The predicted molar refractivity (Wildman–Crippen MR) is 66.9 cm³/mol. The summed E-state index contributed by atoms with van der Waals surface area (Å²) in [4.78, 5) is 8.18. The van der Waals surface area contributed by atoms with E-state index in [1.165, 1.54) is 0 Å². The molecule has 114 valence electrons. The first kappa shape index (κ1) is 16.5. The Kier molecular flexibility index (Phi) is 5.13. The molecule has 0 radical (unpaired) electrons. The molecule has 1 heterocycles. The van der Waals surface area contributed by atoms with Crippen molar-refractivity contribution >= 4 is 5.82 Å². The van der Waals surface area contributed by atoms with Gasteiger partial charge >= 0.3 is 12.3 Å². The summed E-state index contributed by atoms with van der Waals surface area (Å²) in [5.41, 5.74) is 0.391. The molecule has 4 nitrogen and oxygen atoms in total. The van der Waals surface area contributed by atoms with E-state index >= 15 is 0 Å². The van der Waals surface area contributed by atoms with Gasteiger partial charge in [-0.3, -0.25) is 0 Å². The minimum atomic E-state index is -4.21. The van der Waals surface area contributed by atoms with Crippen LogP contribution in [0, 0.1) is 6.92 Å². The van der Waals surface area contributed by atoms with Crippen molar-refractivity contribution in [1.82, 2.24) is 9.97 Å². The predicted octanol–water partition coefficient (Wildman–Crippen LogP) is 3.23. The van der Waals surface area contributed by atoms with Crippen LogP contribution in [0.3, 0.4) is 0 Å². The van der Waals surface area contributed by atoms with Gasteiger partial charge in [-0.05, 0) is 6.92 Å². The lowest BCUT2D eigenvalue weighted by atomic mass is 10.2. The summed E-state index contributed by atoms with van der Waals surface area (Å²) in [6.07, 6.45) is -3.78. The van der Waals surface area contributed by atoms with Gasteiger partial charge in [0, 0.05) is 13.0 Å². The molecular formula is C12H17F4N3O. The zero-order chi connectivity index (χ0) is 15.5. The van der Waals surface area contributed by atoms with E-state index in [0.717, 1.165) is 0 Å². The minimum absolute atomic E-state index is 0.0549. The number of hydrogen-bond acceptors (Lipinski definition) is 4. The fraction of sp³-hybridized carbons (Fsp3) is 0.667. The molecule has 0 aromatic carbocycles. The normalized spacial score (nSPS) is 12.1. The summed E-state index contributed by atoms with van der Waals surface area (Å²) in [5, 5.41) is 2.78. The number of nitrogens with one attached hydrogen (secondary N) is 1. The van der Waals surface area contributed by atoms with Crippen molar-refractivity contribution in [2.75, 3.05) is 19.0 Å². The zero-order valence-corrected chi connectivity index (χ0v) is 11.7. The molecule has 1 aromatic heterocycles. The SMILES string of the molecule is CNc1nc(C(C)C)nc(OCC(F)(F)C(F)F)c1C. The van der Waals surface area contributed by atoms with Gasteiger partial charge in [0.15, 0.2) is 6.61 Å². The molecule has 0 bridgehead atoms. The Morgan fingerprint density at radius 2 is 1.85 bits per heavy atom. The van der Waals surface area contributed by atoms with Crippen molar-refractivity contribution in [3.63, 3.8) is 0 Å². The van der Waals surface area contributed by atoms with E-state index in [0.29, 0.717) is 17.2 Å². The molecule has 0 fully saturated rings. The molecular weight excluding hydrogens is 278 g/mol. The minimum Gasteiger partial charge on any atom is -0.471 e. The second kappa shape index (κ2) is 6.23. The van der Waals surface area contributed by atoms with E-state index in [-0.39, 0.29) is 11.8 Å². The molecule has 0 atom stereocenters. The average molecular weight is 295 g/mol. The van der Waals surface area contributed by atoms with Crippen molar-refractivity contribution in [1.29, 1.82) is 0 Å². The Balaban J connectivity index is 3.02. The molecule has 0 amide bonds. The Hall–Kier alpha value is -1.60. The van der Waals surface area contributed by atoms with E-state index in [4.69, 9.17) is 4.74 Å². The van der Waals surface area contributed by atoms with E-state index < -0.39 is 19.0 Å². The average Bonchev–Trinajstić information content (AvgIpc) is 2.37. The number of hydrogen-bond donors (Lipinski definition) is 1. The molecule has 0 aliphatic heterocycles. The number of nitrogens with zero attached hydrogens (tertiary/aromatic N) is 2. The van der Waals surface area contributed by atoms with E-state index in [9.17, 15) is 17.6 Å². The van der Waals surface area contributed by atoms with Gasteiger partial charge < -0.3 is 10.1 Å². The molecule has 1 N–H and O–H groups in total. The third-order valence-corrected chi connectivity index (χ3v) is 2.59. The maximum absolute atomic E-state index is 12.9. The molecule has 20 heavy (non-hydrogen) atoms. The van der Waals surface area contributed by atoms with Gasteiger partial charge in [-0.25, -0.2) is 13.8 Å². The number of aromatic nitrogens is 2. The fourth-order valence-corrected chi connectivity index (χ4v) is 1.38. The smallest absolute Gasteiger partial charge is 0.340 e. The highest BCUT2D eigenvalue weighted by atomic mass is 19.3. The van der Waals surface area contributed by atoms with Crippen LogP contribution in [0.25, 0.3) is 0 Å². The van der Waals surface area contributed by atoms with Gasteiger partial charge in [-0.2, -0.15) is 13.8 Å². The van der Waals surface area contributed by atoms with Crippen molar-refractivity contribution < 1.29 is 22.3 Å². The van der Waals surface area contributed by atoms with Gasteiger partial charge in [-0.1, -0.05) is 13.8 Å². The Morgan fingerprint density at radius 1 is 1.25 bits per heavy atom. The fourth-order valence-electron chi connectivity index (χ4n) is 1.38. The van der Waals surface area contributed by atoms with Crippen molar-refractivity contribution in [2.24, 2.45) is 0 Å². The van der Waals surface area contributed by atoms with Gasteiger partial charge in [0.05, 0.1) is 5.56 Å². The van der Waals surface area contributed by atoms with Crippen molar-refractivity contribution in [3.8, 4) is 5.88 Å². The molecule has 0 spiro atoms. The highest BCUT2D eigenvalue weighted by Gasteiger charge is 2.42. The van der Waals surface area contributed by atoms with Crippen LogP contribution in [-0.4, -0.2) is 36.0 Å². The van der Waals surface area contributed by atoms with Gasteiger partial charge in [0.25, 0.3) is 0 Å². The van der Waals surface area contributed by atoms with Crippen LogP contribution >= 0.6 is 0 Å². The number of anilines is 1. The largest absolute Gasteiger partial charge is 0.471 e. The van der Waals surface area contributed by atoms with E-state index in [1.807, 2.05) is 13.8 Å². The van der Waals surface area contributed by atoms with Crippen LogP contribution < -0.4 is 10.1 Å². The summed E-state index contributed by atoms with van der Waals surface area (Å²) in [6, 6.07) is 0. The molecule has 0 saturated heterocycles. The second-order valence-electron chi connectivity index (χ2n) is 4.62. The van der Waals surface area contributed by atoms with Crippen LogP contribution in [0.15, 0.2) is 0 Å².